The highest BCUT2D eigenvalue weighted by Crippen LogP contribution is 2.22. The zero-order valence-corrected chi connectivity index (χ0v) is 7.09. The Morgan fingerprint density at radius 1 is 1.60 bits per heavy atom. The second-order valence-corrected chi connectivity index (χ2v) is 3.45. The molecule has 1 atom stereocenters. The van der Waals surface area contributed by atoms with Crippen molar-refractivity contribution in [2.75, 3.05) is 21.1 Å². The molecule has 0 saturated carbocycles. The van der Waals surface area contributed by atoms with Crippen LogP contribution in [0.15, 0.2) is 0 Å². The number of carbonyl (C=O) groups excluding carboxylic acids is 1. The van der Waals surface area contributed by atoms with Crippen LogP contribution >= 0.6 is 0 Å². The largest absolute Gasteiger partial charge is 0.273 e. The van der Waals surface area contributed by atoms with E-state index in [1.54, 1.807) is 5.01 Å². The van der Waals surface area contributed by atoms with Crippen LogP contribution in [0.2, 0.25) is 0 Å². The van der Waals surface area contributed by atoms with Crippen molar-refractivity contribution < 1.29 is 9.39 Å². The molecule has 0 aromatic carbocycles. The van der Waals surface area contributed by atoms with E-state index in [0.29, 0.717) is 17.1 Å². The number of hydrogen-bond acceptors (Lipinski definition) is 1. The second-order valence-electron chi connectivity index (χ2n) is 3.45. The molecule has 0 aromatic heterocycles. The summed E-state index contributed by atoms with van der Waals surface area (Å²) >= 11 is 0. The van der Waals surface area contributed by atoms with Crippen molar-refractivity contribution in [1.29, 1.82) is 0 Å². The van der Waals surface area contributed by atoms with Crippen LogP contribution in [0.1, 0.15) is 13.3 Å². The van der Waals surface area contributed by atoms with Gasteiger partial charge in [-0.2, -0.15) is 5.01 Å². The maximum absolute atomic E-state index is 11.1. The van der Waals surface area contributed by atoms with Gasteiger partial charge in [0.1, 0.15) is 6.04 Å². The van der Waals surface area contributed by atoms with Crippen molar-refractivity contribution >= 4 is 5.91 Å². The van der Waals surface area contributed by atoms with Gasteiger partial charge in [0.15, 0.2) is 0 Å². The summed E-state index contributed by atoms with van der Waals surface area (Å²) in [5.41, 5.74) is 0. The van der Waals surface area contributed by atoms with Gasteiger partial charge < -0.3 is 0 Å². The zero-order valence-electron chi connectivity index (χ0n) is 7.09. The third-order valence-electron chi connectivity index (χ3n) is 2.68. The minimum absolute atomic E-state index is 0.248. The monoisotopic (exact) mass is 143 g/mol. The average molecular weight is 143 g/mol. The fourth-order valence-corrected chi connectivity index (χ4v) is 1.19. The van der Waals surface area contributed by atoms with Crippen molar-refractivity contribution in [3.05, 3.63) is 0 Å². The van der Waals surface area contributed by atoms with Crippen LogP contribution < -0.4 is 0 Å². The van der Waals surface area contributed by atoms with E-state index in [2.05, 4.69) is 21.0 Å². The summed E-state index contributed by atoms with van der Waals surface area (Å²) in [6.07, 6.45) is 0.684. The number of nitrogens with zero attached hydrogens (tertiary/aromatic N) is 2. The fraction of sp³-hybridized carbons (Fsp3) is 0.857. The molecule has 1 aliphatic rings. The molecule has 0 aromatic rings. The minimum atomic E-state index is 0.248. The number of quaternary nitrogens is 1. The molecule has 58 valence electrons. The summed E-state index contributed by atoms with van der Waals surface area (Å²) in [4.78, 5) is 11.1. The Balaban J connectivity index is 2.85. The molecule has 0 spiro atoms. The molecule has 1 aliphatic heterocycles. The lowest BCUT2D eigenvalue weighted by Crippen LogP contribution is -2.52. The standard InChI is InChI=1S/C7H15N2O/c1-6-5-7(10)8(2)9(6,3)4/h6H,5H2,1-4H3/q+1. The molecule has 10 heavy (non-hydrogen) atoms. The van der Waals surface area contributed by atoms with E-state index in [9.17, 15) is 4.79 Å². The number of carbonyl (C=O) groups is 1. The third-order valence-corrected chi connectivity index (χ3v) is 2.68. The highest BCUT2D eigenvalue weighted by Gasteiger charge is 2.41. The molecule has 1 amide bonds. The first kappa shape index (κ1) is 7.54. The summed E-state index contributed by atoms with van der Waals surface area (Å²) in [6, 6.07) is 0.428. The van der Waals surface area contributed by atoms with Gasteiger partial charge in [-0.1, -0.05) is 0 Å². The Morgan fingerprint density at radius 3 is 2.20 bits per heavy atom. The van der Waals surface area contributed by atoms with Gasteiger partial charge in [0.25, 0.3) is 5.91 Å². The van der Waals surface area contributed by atoms with Crippen LogP contribution in [0.4, 0.5) is 0 Å². The summed E-state index contributed by atoms with van der Waals surface area (Å²) in [5.74, 6) is 0.248. The average Bonchev–Trinajstić information content (AvgIpc) is 1.97. The molecule has 1 saturated heterocycles. The summed E-state index contributed by atoms with van der Waals surface area (Å²) in [5, 5.41) is 1.78. The van der Waals surface area contributed by atoms with Crippen molar-refractivity contribution in [2.24, 2.45) is 0 Å². The van der Waals surface area contributed by atoms with Crippen molar-refractivity contribution in [3.63, 3.8) is 0 Å². The van der Waals surface area contributed by atoms with E-state index in [1.165, 1.54) is 0 Å². The second kappa shape index (κ2) is 1.95. The van der Waals surface area contributed by atoms with E-state index >= 15 is 0 Å². The maximum atomic E-state index is 11.1. The Labute approximate surface area is 61.8 Å². The molecule has 1 unspecified atom stereocenters. The molecule has 0 aliphatic carbocycles. The lowest BCUT2D eigenvalue weighted by molar-refractivity contribution is -0.996. The van der Waals surface area contributed by atoms with Crippen molar-refractivity contribution in [2.45, 2.75) is 19.4 Å². The highest BCUT2D eigenvalue weighted by atomic mass is 16.2. The quantitative estimate of drug-likeness (QED) is 0.444. The fourth-order valence-electron chi connectivity index (χ4n) is 1.19. The van der Waals surface area contributed by atoms with Gasteiger partial charge in [-0.25, -0.2) is 4.59 Å². The molecule has 3 heteroatoms. The number of amides is 1. The minimum Gasteiger partial charge on any atom is -0.269 e. The van der Waals surface area contributed by atoms with E-state index in [0.717, 1.165) is 0 Å². The van der Waals surface area contributed by atoms with E-state index < -0.39 is 0 Å². The molecule has 0 N–H and O–H groups in total. The smallest absolute Gasteiger partial charge is 0.269 e. The zero-order chi connectivity index (χ0) is 7.94. The Hall–Kier alpha value is -0.570. The Kier molecular flexibility index (Phi) is 1.47. The first-order valence-corrected chi connectivity index (χ1v) is 3.57. The Morgan fingerprint density at radius 2 is 2.10 bits per heavy atom. The molecule has 1 rings (SSSR count). The first-order chi connectivity index (χ1) is 4.46. The van der Waals surface area contributed by atoms with Gasteiger partial charge >= 0.3 is 0 Å². The van der Waals surface area contributed by atoms with E-state index in [-0.39, 0.29) is 5.91 Å². The van der Waals surface area contributed by atoms with Gasteiger partial charge in [-0.05, 0) is 6.92 Å². The predicted octanol–water partition coefficient (Wildman–Crippen LogP) is 0.228. The number of hydrogen-bond donors (Lipinski definition) is 0. The van der Waals surface area contributed by atoms with Crippen LogP contribution in [-0.4, -0.2) is 42.7 Å². The molecule has 1 fully saturated rings. The van der Waals surface area contributed by atoms with Gasteiger partial charge in [0.2, 0.25) is 0 Å². The summed E-state index contributed by atoms with van der Waals surface area (Å²) in [7, 11) is 5.96. The summed E-state index contributed by atoms with van der Waals surface area (Å²) < 4.78 is 0.693. The van der Waals surface area contributed by atoms with Gasteiger partial charge in [0.05, 0.1) is 27.6 Å². The lowest BCUT2D eigenvalue weighted by Gasteiger charge is -2.33. The third kappa shape index (κ3) is 0.814. The molecule has 0 bridgehead atoms. The van der Waals surface area contributed by atoms with Gasteiger partial charge in [-0.15, -0.1) is 0 Å². The highest BCUT2D eigenvalue weighted by molar-refractivity contribution is 5.76. The molecule has 1 heterocycles. The van der Waals surface area contributed by atoms with Gasteiger partial charge in [0, 0.05) is 0 Å². The van der Waals surface area contributed by atoms with Crippen LogP contribution in [0.25, 0.3) is 0 Å². The topological polar surface area (TPSA) is 20.3 Å². The van der Waals surface area contributed by atoms with Crippen molar-refractivity contribution in [3.8, 4) is 0 Å². The van der Waals surface area contributed by atoms with Crippen LogP contribution in [0.3, 0.4) is 0 Å². The number of rotatable bonds is 0. The van der Waals surface area contributed by atoms with Crippen LogP contribution in [0, 0.1) is 0 Å². The molecule has 3 nitrogen and oxygen atoms in total. The van der Waals surface area contributed by atoms with Gasteiger partial charge in [-0.3, -0.25) is 4.79 Å². The van der Waals surface area contributed by atoms with E-state index in [1.807, 2.05) is 7.05 Å². The van der Waals surface area contributed by atoms with Crippen LogP contribution in [0.5, 0.6) is 0 Å². The molecule has 0 radical (unpaired) electrons. The van der Waals surface area contributed by atoms with Crippen LogP contribution in [-0.2, 0) is 4.79 Å². The summed E-state index contributed by atoms with van der Waals surface area (Å²) in [6.45, 7) is 2.10. The SMILES string of the molecule is CC1CC(=O)N(C)[N+]1(C)C. The molecular weight excluding hydrogens is 128 g/mol. The lowest BCUT2D eigenvalue weighted by atomic mass is 10.2. The maximum Gasteiger partial charge on any atom is 0.273 e. The first-order valence-electron chi connectivity index (χ1n) is 3.57. The molecular formula is C7H15N2O+. The normalized spacial score (nSPS) is 31.4. The Bertz CT molecular complexity index is 165. The van der Waals surface area contributed by atoms with Crippen molar-refractivity contribution in [1.82, 2.24) is 5.01 Å². The predicted molar refractivity (Wildman–Crippen MR) is 39.0 cm³/mol. The van der Waals surface area contributed by atoms with E-state index in [4.69, 9.17) is 0 Å².